The van der Waals surface area contributed by atoms with E-state index in [0.717, 1.165) is 25.9 Å². The predicted octanol–water partition coefficient (Wildman–Crippen LogP) is 2.95. The fourth-order valence-electron chi connectivity index (χ4n) is 2.35. The quantitative estimate of drug-likeness (QED) is 0.833. The molecule has 0 saturated carbocycles. The molecule has 2 aromatic rings. The van der Waals surface area contributed by atoms with Crippen LogP contribution >= 0.6 is 0 Å². The summed E-state index contributed by atoms with van der Waals surface area (Å²) < 4.78 is 10.4. The van der Waals surface area contributed by atoms with Crippen LogP contribution in [0.1, 0.15) is 36.2 Å². The first-order valence-corrected chi connectivity index (χ1v) is 6.64. The summed E-state index contributed by atoms with van der Waals surface area (Å²) in [6, 6.07) is 5.20. The van der Waals surface area contributed by atoms with Crippen LogP contribution in [0.25, 0.3) is 11.5 Å². The first-order chi connectivity index (χ1) is 9.34. The van der Waals surface area contributed by atoms with E-state index in [1.165, 1.54) is 12.8 Å². The molecule has 1 fully saturated rings. The van der Waals surface area contributed by atoms with Gasteiger partial charge in [0.1, 0.15) is 0 Å². The lowest BCUT2D eigenvalue weighted by Crippen LogP contribution is -2.31. The number of carbonyl (C=O) groups is 1. The molecule has 0 spiro atoms. The number of amides is 1. The van der Waals surface area contributed by atoms with Gasteiger partial charge >= 0.3 is 0 Å². The van der Waals surface area contributed by atoms with E-state index in [-0.39, 0.29) is 5.91 Å². The number of hydrogen-bond donors (Lipinski definition) is 0. The van der Waals surface area contributed by atoms with Crippen molar-refractivity contribution in [3.05, 3.63) is 30.2 Å². The average molecular weight is 260 g/mol. The molecule has 1 amide bonds. The molecular formula is C14H16N2O3. The molecule has 1 saturated heterocycles. The summed E-state index contributed by atoms with van der Waals surface area (Å²) in [5.74, 6) is 1.02. The fourth-order valence-corrected chi connectivity index (χ4v) is 2.35. The highest BCUT2D eigenvalue weighted by molar-refractivity contribution is 5.93. The van der Waals surface area contributed by atoms with E-state index in [9.17, 15) is 4.79 Å². The molecule has 0 radical (unpaired) electrons. The zero-order valence-electron chi connectivity index (χ0n) is 10.7. The lowest BCUT2D eigenvalue weighted by Gasteiger charge is -2.18. The Morgan fingerprint density at radius 2 is 1.95 bits per heavy atom. The summed E-state index contributed by atoms with van der Waals surface area (Å²) in [7, 11) is 0. The Bertz CT molecular complexity index is 537. The summed E-state index contributed by atoms with van der Waals surface area (Å²) in [5, 5.41) is 3.85. The smallest absolute Gasteiger partial charge is 0.276 e. The third-order valence-corrected chi connectivity index (χ3v) is 3.39. The van der Waals surface area contributed by atoms with Crippen molar-refractivity contribution in [1.29, 1.82) is 0 Å². The van der Waals surface area contributed by atoms with Crippen LogP contribution in [0.15, 0.2) is 33.4 Å². The van der Waals surface area contributed by atoms with Crippen molar-refractivity contribution in [3.8, 4) is 11.5 Å². The molecule has 2 aromatic heterocycles. The van der Waals surface area contributed by atoms with E-state index in [1.807, 2.05) is 4.90 Å². The number of aromatic nitrogens is 1. The van der Waals surface area contributed by atoms with Gasteiger partial charge in [0.05, 0.1) is 6.26 Å². The largest absolute Gasteiger partial charge is 0.461 e. The number of rotatable bonds is 2. The zero-order chi connectivity index (χ0) is 13.1. The monoisotopic (exact) mass is 260 g/mol. The molecule has 0 bridgehead atoms. The number of likely N-dealkylation sites (tertiary alicyclic amines) is 1. The Morgan fingerprint density at radius 1 is 1.16 bits per heavy atom. The molecule has 1 aliphatic heterocycles. The Labute approximate surface area is 111 Å². The maximum absolute atomic E-state index is 12.3. The molecule has 100 valence electrons. The highest BCUT2D eigenvalue weighted by Gasteiger charge is 2.21. The molecular weight excluding hydrogens is 244 g/mol. The van der Waals surface area contributed by atoms with E-state index >= 15 is 0 Å². The molecule has 5 heteroatoms. The zero-order valence-corrected chi connectivity index (χ0v) is 10.7. The van der Waals surface area contributed by atoms with Crippen LogP contribution in [0.3, 0.4) is 0 Å². The van der Waals surface area contributed by atoms with Crippen molar-refractivity contribution in [1.82, 2.24) is 10.1 Å². The second-order valence-corrected chi connectivity index (χ2v) is 4.76. The molecule has 0 aromatic carbocycles. The Hall–Kier alpha value is -2.04. The lowest BCUT2D eigenvalue weighted by atomic mass is 10.2. The van der Waals surface area contributed by atoms with Gasteiger partial charge in [0, 0.05) is 19.2 Å². The topological polar surface area (TPSA) is 59.5 Å². The Balaban J connectivity index is 1.76. The van der Waals surface area contributed by atoms with Crippen LogP contribution in [-0.4, -0.2) is 29.1 Å². The van der Waals surface area contributed by atoms with Gasteiger partial charge < -0.3 is 13.8 Å². The predicted molar refractivity (Wildman–Crippen MR) is 68.6 cm³/mol. The van der Waals surface area contributed by atoms with Crippen LogP contribution in [0.4, 0.5) is 0 Å². The lowest BCUT2D eigenvalue weighted by molar-refractivity contribution is 0.0751. The summed E-state index contributed by atoms with van der Waals surface area (Å²) in [6.07, 6.45) is 6.08. The average Bonchev–Trinajstić information content (AvgIpc) is 3.04. The molecule has 1 aliphatic rings. The molecule has 19 heavy (non-hydrogen) atoms. The standard InChI is InChI=1S/C14H16N2O3/c17-14(16-7-3-1-2-4-8-16)11-10-13(19-15-11)12-6-5-9-18-12/h5-6,9-10H,1-4,7-8H2. The van der Waals surface area contributed by atoms with E-state index in [4.69, 9.17) is 8.94 Å². The van der Waals surface area contributed by atoms with Crippen molar-refractivity contribution in [2.45, 2.75) is 25.7 Å². The molecule has 5 nitrogen and oxygen atoms in total. The molecule has 0 aliphatic carbocycles. The highest BCUT2D eigenvalue weighted by atomic mass is 16.5. The first-order valence-electron chi connectivity index (χ1n) is 6.64. The molecule has 3 heterocycles. The normalized spacial score (nSPS) is 16.3. The van der Waals surface area contributed by atoms with Gasteiger partial charge in [-0.3, -0.25) is 4.79 Å². The van der Waals surface area contributed by atoms with Crippen LogP contribution in [0, 0.1) is 0 Å². The van der Waals surface area contributed by atoms with Crippen LogP contribution in [-0.2, 0) is 0 Å². The Kier molecular flexibility index (Phi) is 3.35. The molecule has 3 rings (SSSR count). The number of nitrogens with zero attached hydrogens (tertiary/aromatic N) is 2. The first kappa shape index (κ1) is 12.0. The highest BCUT2D eigenvalue weighted by Crippen LogP contribution is 2.21. The van der Waals surface area contributed by atoms with Gasteiger partial charge in [0.2, 0.25) is 5.76 Å². The number of carbonyl (C=O) groups excluding carboxylic acids is 1. The Morgan fingerprint density at radius 3 is 2.63 bits per heavy atom. The van der Waals surface area contributed by atoms with E-state index in [1.54, 1.807) is 24.5 Å². The molecule has 0 N–H and O–H groups in total. The van der Waals surface area contributed by atoms with E-state index in [2.05, 4.69) is 5.16 Å². The van der Waals surface area contributed by atoms with E-state index in [0.29, 0.717) is 17.2 Å². The SMILES string of the molecule is O=C(c1cc(-c2ccco2)on1)N1CCCCCC1. The van der Waals surface area contributed by atoms with Crippen LogP contribution in [0.2, 0.25) is 0 Å². The fraction of sp³-hybridized carbons (Fsp3) is 0.429. The second kappa shape index (κ2) is 5.30. The minimum Gasteiger partial charge on any atom is -0.461 e. The third-order valence-electron chi connectivity index (χ3n) is 3.39. The van der Waals surface area contributed by atoms with Crippen molar-refractivity contribution < 1.29 is 13.7 Å². The van der Waals surface area contributed by atoms with Gasteiger partial charge in [0.15, 0.2) is 11.5 Å². The van der Waals surface area contributed by atoms with E-state index < -0.39 is 0 Å². The third kappa shape index (κ3) is 2.54. The van der Waals surface area contributed by atoms with Crippen LogP contribution < -0.4 is 0 Å². The van der Waals surface area contributed by atoms with Gasteiger partial charge in [-0.1, -0.05) is 18.0 Å². The van der Waals surface area contributed by atoms with Crippen LogP contribution in [0.5, 0.6) is 0 Å². The minimum atomic E-state index is -0.0524. The van der Waals surface area contributed by atoms with Gasteiger partial charge in [-0.2, -0.15) is 0 Å². The van der Waals surface area contributed by atoms with Gasteiger partial charge in [0.25, 0.3) is 5.91 Å². The van der Waals surface area contributed by atoms with Gasteiger partial charge in [-0.25, -0.2) is 0 Å². The van der Waals surface area contributed by atoms with Crippen molar-refractivity contribution >= 4 is 5.91 Å². The van der Waals surface area contributed by atoms with Crippen molar-refractivity contribution in [3.63, 3.8) is 0 Å². The van der Waals surface area contributed by atoms with Gasteiger partial charge in [-0.15, -0.1) is 0 Å². The van der Waals surface area contributed by atoms with Crippen molar-refractivity contribution in [2.75, 3.05) is 13.1 Å². The van der Waals surface area contributed by atoms with Crippen molar-refractivity contribution in [2.24, 2.45) is 0 Å². The summed E-state index contributed by atoms with van der Waals surface area (Å²) >= 11 is 0. The molecule has 0 atom stereocenters. The maximum atomic E-state index is 12.3. The van der Waals surface area contributed by atoms with Gasteiger partial charge in [-0.05, 0) is 25.0 Å². The number of furan rings is 1. The summed E-state index contributed by atoms with van der Waals surface area (Å²) in [4.78, 5) is 14.2. The summed E-state index contributed by atoms with van der Waals surface area (Å²) in [5.41, 5.74) is 0.355. The molecule has 0 unspecified atom stereocenters. The summed E-state index contributed by atoms with van der Waals surface area (Å²) in [6.45, 7) is 1.61. The second-order valence-electron chi connectivity index (χ2n) is 4.76. The number of hydrogen-bond acceptors (Lipinski definition) is 4. The maximum Gasteiger partial charge on any atom is 0.276 e. The minimum absolute atomic E-state index is 0.0524.